The molecule has 0 saturated heterocycles. The summed E-state index contributed by atoms with van der Waals surface area (Å²) in [4.78, 5) is 0. The highest BCUT2D eigenvalue weighted by atomic mass is 19.2. The molecule has 0 amide bonds. The van der Waals surface area contributed by atoms with Gasteiger partial charge in [0.05, 0.1) is 39.1 Å². The van der Waals surface area contributed by atoms with Gasteiger partial charge in [0.2, 0.25) is 0 Å². The van der Waals surface area contributed by atoms with Crippen LogP contribution in [0.25, 0.3) is 0 Å². The van der Waals surface area contributed by atoms with E-state index in [0.717, 1.165) is 6.07 Å². The summed E-state index contributed by atoms with van der Waals surface area (Å²) in [6, 6.07) is 3.22. The van der Waals surface area contributed by atoms with Gasteiger partial charge in [0.1, 0.15) is 0 Å². The van der Waals surface area contributed by atoms with E-state index in [-0.39, 0.29) is 12.2 Å². The van der Waals surface area contributed by atoms with Crippen LogP contribution in [0.3, 0.4) is 0 Å². The van der Waals surface area contributed by atoms with Crippen molar-refractivity contribution < 1.29 is 23.0 Å². The van der Waals surface area contributed by atoms with Crippen LogP contribution in [0.15, 0.2) is 18.2 Å². The number of nitrogens with two attached hydrogens (primary N) is 1. The average Bonchev–Trinajstić information content (AvgIpc) is 2.40. The van der Waals surface area contributed by atoms with Gasteiger partial charge in [0, 0.05) is 12.7 Å². The Bertz CT molecular complexity index is 377. The third-order valence-corrected chi connectivity index (χ3v) is 2.48. The summed E-state index contributed by atoms with van der Waals surface area (Å²) >= 11 is 0. The normalized spacial score (nSPS) is 12.6. The van der Waals surface area contributed by atoms with Crippen LogP contribution < -0.4 is 5.73 Å². The van der Waals surface area contributed by atoms with Crippen molar-refractivity contribution in [3.63, 3.8) is 0 Å². The highest BCUT2D eigenvalue weighted by molar-refractivity contribution is 5.22. The Labute approximate surface area is 111 Å². The average molecular weight is 275 g/mol. The monoisotopic (exact) mass is 275 g/mol. The molecule has 0 aliphatic carbocycles. The zero-order chi connectivity index (χ0) is 14.1. The van der Waals surface area contributed by atoms with Crippen molar-refractivity contribution in [3.8, 4) is 0 Å². The van der Waals surface area contributed by atoms with Crippen molar-refractivity contribution in [2.45, 2.75) is 6.04 Å². The minimum absolute atomic E-state index is 0.105. The molecule has 0 aromatic heterocycles. The Morgan fingerprint density at radius 2 is 1.79 bits per heavy atom. The predicted molar refractivity (Wildman–Crippen MR) is 66.8 cm³/mol. The second kappa shape index (κ2) is 8.92. The fourth-order valence-electron chi connectivity index (χ4n) is 1.47. The van der Waals surface area contributed by atoms with Gasteiger partial charge in [-0.1, -0.05) is 12.1 Å². The summed E-state index contributed by atoms with van der Waals surface area (Å²) in [5, 5.41) is 0. The van der Waals surface area contributed by atoms with Crippen molar-refractivity contribution in [2.75, 3.05) is 40.1 Å². The zero-order valence-electron chi connectivity index (χ0n) is 10.9. The van der Waals surface area contributed by atoms with Crippen LogP contribution >= 0.6 is 0 Å². The second-order valence-corrected chi connectivity index (χ2v) is 3.93. The summed E-state index contributed by atoms with van der Waals surface area (Å²) in [5.74, 6) is -1.83. The van der Waals surface area contributed by atoms with E-state index in [1.807, 2.05) is 0 Å². The molecule has 2 N–H and O–H groups in total. The van der Waals surface area contributed by atoms with E-state index in [2.05, 4.69) is 0 Å². The summed E-state index contributed by atoms with van der Waals surface area (Å²) in [7, 11) is 1.59. The van der Waals surface area contributed by atoms with Gasteiger partial charge in [-0.3, -0.25) is 0 Å². The van der Waals surface area contributed by atoms with Gasteiger partial charge < -0.3 is 19.9 Å². The molecule has 0 spiro atoms. The van der Waals surface area contributed by atoms with Crippen molar-refractivity contribution >= 4 is 0 Å². The van der Waals surface area contributed by atoms with Crippen LogP contribution in [0, 0.1) is 11.6 Å². The molecular formula is C13H19F2NO3. The number of halogens is 2. The molecule has 0 aliphatic heterocycles. The Balaban J connectivity index is 2.24. The van der Waals surface area contributed by atoms with Gasteiger partial charge in [-0.2, -0.15) is 0 Å². The standard InChI is InChI=1S/C13H19F2NO3/c1-17-5-6-18-7-8-19-9-12(16)10-3-2-4-11(14)13(10)15/h2-4,12H,5-9,16H2,1H3. The topological polar surface area (TPSA) is 53.7 Å². The molecule has 4 nitrogen and oxygen atoms in total. The van der Waals surface area contributed by atoms with E-state index in [1.54, 1.807) is 7.11 Å². The molecule has 1 unspecified atom stereocenters. The fraction of sp³-hybridized carbons (Fsp3) is 0.538. The first-order valence-corrected chi connectivity index (χ1v) is 6.00. The molecule has 6 heteroatoms. The maximum absolute atomic E-state index is 13.4. The maximum Gasteiger partial charge on any atom is 0.163 e. The van der Waals surface area contributed by atoms with Crippen LogP contribution in [0.2, 0.25) is 0 Å². The van der Waals surface area contributed by atoms with Gasteiger partial charge in [-0.25, -0.2) is 8.78 Å². The number of hydrogen-bond acceptors (Lipinski definition) is 4. The lowest BCUT2D eigenvalue weighted by atomic mass is 10.1. The van der Waals surface area contributed by atoms with Crippen molar-refractivity contribution in [2.24, 2.45) is 5.73 Å². The van der Waals surface area contributed by atoms with Gasteiger partial charge in [-0.05, 0) is 6.07 Å². The number of methoxy groups -OCH3 is 1. The van der Waals surface area contributed by atoms with E-state index in [1.165, 1.54) is 12.1 Å². The molecule has 0 radical (unpaired) electrons. The van der Waals surface area contributed by atoms with Crippen LogP contribution in [0.4, 0.5) is 8.78 Å². The summed E-state index contributed by atoms with van der Waals surface area (Å²) in [5.41, 5.74) is 5.85. The largest absolute Gasteiger partial charge is 0.382 e. The van der Waals surface area contributed by atoms with Gasteiger partial charge >= 0.3 is 0 Å². The predicted octanol–water partition coefficient (Wildman–Crippen LogP) is 1.64. The first-order chi connectivity index (χ1) is 9.16. The third kappa shape index (κ3) is 5.61. The second-order valence-electron chi connectivity index (χ2n) is 3.93. The molecule has 0 heterocycles. The van der Waals surface area contributed by atoms with Crippen LogP contribution in [0.5, 0.6) is 0 Å². The lowest BCUT2D eigenvalue weighted by Gasteiger charge is -2.13. The Morgan fingerprint density at radius 1 is 1.11 bits per heavy atom. The number of ether oxygens (including phenoxy) is 3. The van der Waals surface area contributed by atoms with Gasteiger partial charge in [0.15, 0.2) is 11.6 Å². The molecule has 1 aromatic rings. The lowest BCUT2D eigenvalue weighted by Crippen LogP contribution is -2.20. The Morgan fingerprint density at radius 3 is 2.53 bits per heavy atom. The van der Waals surface area contributed by atoms with E-state index < -0.39 is 17.7 Å². The highest BCUT2D eigenvalue weighted by Gasteiger charge is 2.14. The maximum atomic E-state index is 13.4. The van der Waals surface area contributed by atoms with Crippen LogP contribution in [0.1, 0.15) is 11.6 Å². The molecule has 1 aromatic carbocycles. The van der Waals surface area contributed by atoms with Crippen LogP contribution in [-0.2, 0) is 14.2 Å². The molecule has 1 atom stereocenters. The zero-order valence-corrected chi connectivity index (χ0v) is 10.9. The van der Waals surface area contributed by atoms with Crippen molar-refractivity contribution in [1.29, 1.82) is 0 Å². The fourth-order valence-corrected chi connectivity index (χ4v) is 1.47. The Hall–Kier alpha value is -1.08. The third-order valence-electron chi connectivity index (χ3n) is 2.48. The van der Waals surface area contributed by atoms with E-state index in [0.29, 0.717) is 26.4 Å². The van der Waals surface area contributed by atoms with E-state index in [9.17, 15) is 8.78 Å². The summed E-state index contributed by atoms with van der Waals surface area (Å²) in [6.07, 6.45) is 0. The SMILES string of the molecule is COCCOCCOCC(N)c1cccc(F)c1F. The highest BCUT2D eigenvalue weighted by Crippen LogP contribution is 2.17. The number of rotatable bonds is 9. The molecule has 19 heavy (non-hydrogen) atoms. The first-order valence-electron chi connectivity index (χ1n) is 6.00. The summed E-state index contributed by atoms with van der Waals surface area (Å²) < 4.78 is 41.6. The Kier molecular flexibility index (Phi) is 7.50. The van der Waals surface area contributed by atoms with Crippen molar-refractivity contribution in [3.05, 3.63) is 35.4 Å². The lowest BCUT2D eigenvalue weighted by molar-refractivity contribution is 0.0214. The minimum Gasteiger partial charge on any atom is -0.382 e. The van der Waals surface area contributed by atoms with Gasteiger partial charge in [0.25, 0.3) is 0 Å². The molecule has 0 saturated carbocycles. The molecule has 0 bridgehead atoms. The minimum atomic E-state index is -0.921. The van der Waals surface area contributed by atoms with E-state index >= 15 is 0 Å². The number of hydrogen-bond donors (Lipinski definition) is 1. The quantitative estimate of drug-likeness (QED) is 0.696. The molecule has 0 fully saturated rings. The first kappa shape index (κ1) is 16.0. The number of benzene rings is 1. The van der Waals surface area contributed by atoms with E-state index in [4.69, 9.17) is 19.9 Å². The smallest absolute Gasteiger partial charge is 0.163 e. The van der Waals surface area contributed by atoms with Crippen LogP contribution in [-0.4, -0.2) is 40.1 Å². The molecule has 1 rings (SSSR count). The molecule has 108 valence electrons. The van der Waals surface area contributed by atoms with Crippen molar-refractivity contribution in [1.82, 2.24) is 0 Å². The van der Waals surface area contributed by atoms with Gasteiger partial charge in [-0.15, -0.1) is 0 Å². The molecular weight excluding hydrogens is 256 g/mol. The molecule has 0 aliphatic rings. The summed E-state index contributed by atoms with van der Waals surface area (Å²) in [6.45, 7) is 1.86.